The Balaban J connectivity index is 2.47. The van der Waals surface area contributed by atoms with Crippen LogP contribution in [0.2, 0.25) is 0 Å². The van der Waals surface area contributed by atoms with Crippen molar-refractivity contribution in [2.45, 2.75) is 36.1 Å². The fraction of sp³-hybridized carbons (Fsp3) is 0.889. The van der Waals surface area contributed by atoms with E-state index >= 15 is 0 Å². The van der Waals surface area contributed by atoms with E-state index < -0.39 is 3.67 Å². The van der Waals surface area contributed by atoms with Crippen LogP contribution in [0.4, 0.5) is 0 Å². The van der Waals surface area contributed by atoms with E-state index in [0.717, 1.165) is 4.86 Å². The fourth-order valence-corrected chi connectivity index (χ4v) is 6.60. The minimum absolute atomic E-state index is 0.0139. The molecular weight excluding hydrogens is 243 g/mol. The van der Waals surface area contributed by atoms with Crippen molar-refractivity contribution in [1.29, 1.82) is 0 Å². The van der Waals surface area contributed by atoms with E-state index in [2.05, 4.69) is 27.7 Å². The van der Waals surface area contributed by atoms with Gasteiger partial charge in [0.05, 0.1) is 4.75 Å². The summed E-state index contributed by atoms with van der Waals surface area (Å²) in [6.45, 7) is 8.56. The highest BCUT2D eigenvalue weighted by molar-refractivity contribution is 8.13. The van der Waals surface area contributed by atoms with Crippen molar-refractivity contribution in [2.24, 2.45) is 10.8 Å². The molecule has 0 amide bonds. The number of halogens is 2. The summed E-state index contributed by atoms with van der Waals surface area (Å²) >= 11 is 19.5. The summed E-state index contributed by atoms with van der Waals surface area (Å²) in [4.78, 5) is 1.09. The molecule has 1 aliphatic heterocycles. The molecule has 1 spiro atoms. The summed E-state index contributed by atoms with van der Waals surface area (Å²) in [5, 5.41) is 0. The van der Waals surface area contributed by atoms with Gasteiger partial charge in [-0.25, -0.2) is 0 Å². The van der Waals surface area contributed by atoms with E-state index in [1.807, 2.05) is 0 Å². The minimum Gasteiger partial charge on any atom is -0.109 e. The predicted molar refractivity (Wildman–Crippen MR) is 64.9 cm³/mol. The van der Waals surface area contributed by atoms with Crippen LogP contribution in [0.1, 0.15) is 27.7 Å². The summed E-state index contributed by atoms with van der Waals surface area (Å²) in [7, 11) is 0. The molecule has 0 aromatic rings. The van der Waals surface area contributed by atoms with Crippen molar-refractivity contribution >= 4 is 52.0 Å². The highest BCUT2D eigenvalue weighted by atomic mass is 35.5. The topological polar surface area (TPSA) is 0 Å². The lowest BCUT2D eigenvalue weighted by Gasteiger charge is -2.59. The smallest absolute Gasteiger partial charge is 0.109 e. The van der Waals surface area contributed by atoms with Gasteiger partial charge >= 0.3 is 0 Å². The first kappa shape index (κ1) is 10.5. The van der Waals surface area contributed by atoms with Gasteiger partial charge in [0.2, 0.25) is 0 Å². The average Bonchev–Trinajstić information content (AvgIpc) is 2.55. The van der Waals surface area contributed by atoms with E-state index in [4.69, 9.17) is 35.4 Å². The lowest BCUT2D eigenvalue weighted by molar-refractivity contribution is 0.181. The molecule has 1 heterocycles. The van der Waals surface area contributed by atoms with Gasteiger partial charge in [-0.15, -0.1) is 11.8 Å². The van der Waals surface area contributed by atoms with Crippen molar-refractivity contribution in [1.82, 2.24) is 0 Å². The van der Waals surface area contributed by atoms with E-state index in [9.17, 15) is 0 Å². The highest BCUT2D eigenvalue weighted by Crippen LogP contribution is 2.87. The van der Waals surface area contributed by atoms with Crippen molar-refractivity contribution in [3.63, 3.8) is 0 Å². The summed E-state index contributed by atoms with van der Waals surface area (Å²) < 4.78 is -0.699. The van der Waals surface area contributed by atoms with E-state index in [-0.39, 0.29) is 15.6 Å². The molecule has 0 aromatic heterocycles. The molecule has 1 saturated heterocycles. The van der Waals surface area contributed by atoms with Crippen LogP contribution in [0.15, 0.2) is 0 Å². The first-order chi connectivity index (χ1) is 5.61. The summed E-state index contributed by atoms with van der Waals surface area (Å²) in [5.74, 6) is 0. The Bertz CT molecular complexity index is 287. The molecule has 0 bridgehead atoms. The Labute approximate surface area is 98.7 Å². The fourth-order valence-electron chi connectivity index (χ4n) is 2.97. The van der Waals surface area contributed by atoms with Crippen LogP contribution >= 0.6 is 47.2 Å². The molecule has 2 rings (SSSR count). The average molecular weight is 255 g/mol. The molecule has 2 aliphatic rings. The standard InChI is InChI=1S/C9H12Cl2S2/c1-6(2)5(12)7(3,4)8(6)9(10,11)13-8/h1-4H3. The molecule has 0 unspecified atom stereocenters. The van der Waals surface area contributed by atoms with Crippen LogP contribution in [-0.2, 0) is 0 Å². The molecule has 0 atom stereocenters. The zero-order valence-electron chi connectivity index (χ0n) is 8.07. The van der Waals surface area contributed by atoms with E-state index in [1.165, 1.54) is 0 Å². The van der Waals surface area contributed by atoms with Gasteiger partial charge in [-0.1, -0.05) is 63.1 Å². The van der Waals surface area contributed by atoms with Gasteiger partial charge in [0.25, 0.3) is 0 Å². The first-order valence-corrected chi connectivity index (χ1v) is 6.22. The Morgan fingerprint density at radius 3 is 1.54 bits per heavy atom. The summed E-state index contributed by atoms with van der Waals surface area (Å²) in [6.07, 6.45) is 0. The maximum atomic E-state index is 6.20. The van der Waals surface area contributed by atoms with Gasteiger partial charge < -0.3 is 0 Å². The largest absolute Gasteiger partial charge is 0.180 e. The van der Waals surface area contributed by atoms with Gasteiger partial charge in [0.1, 0.15) is 0 Å². The summed E-state index contributed by atoms with van der Waals surface area (Å²) in [6, 6.07) is 0. The first-order valence-electron chi connectivity index (χ1n) is 4.24. The maximum absolute atomic E-state index is 6.20. The van der Waals surface area contributed by atoms with Crippen LogP contribution in [-0.4, -0.2) is 13.3 Å². The normalized spacial score (nSPS) is 35.7. The van der Waals surface area contributed by atoms with Gasteiger partial charge in [0.15, 0.2) is 3.67 Å². The van der Waals surface area contributed by atoms with Crippen LogP contribution < -0.4 is 0 Å². The van der Waals surface area contributed by atoms with E-state index in [1.54, 1.807) is 11.8 Å². The number of hydrogen-bond acceptors (Lipinski definition) is 2. The third kappa shape index (κ3) is 0.816. The van der Waals surface area contributed by atoms with E-state index in [0.29, 0.717) is 0 Å². The van der Waals surface area contributed by atoms with Crippen molar-refractivity contribution in [3.8, 4) is 0 Å². The third-order valence-electron chi connectivity index (χ3n) is 3.55. The number of rotatable bonds is 0. The van der Waals surface area contributed by atoms with Crippen LogP contribution in [0.5, 0.6) is 0 Å². The van der Waals surface area contributed by atoms with Crippen LogP contribution in [0.3, 0.4) is 0 Å². The zero-order valence-corrected chi connectivity index (χ0v) is 11.2. The maximum Gasteiger partial charge on any atom is 0.180 e. The molecule has 1 saturated carbocycles. The van der Waals surface area contributed by atoms with Crippen molar-refractivity contribution < 1.29 is 0 Å². The lowest BCUT2D eigenvalue weighted by atomic mass is 9.48. The molecule has 13 heavy (non-hydrogen) atoms. The monoisotopic (exact) mass is 254 g/mol. The second-order valence-corrected chi connectivity index (χ2v) is 8.49. The molecule has 0 nitrogen and oxygen atoms in total. The lowest BCUT2D eigenvalue weighted by Crippen LogP contribution is -2.67. The molecule has 0 N–H and O–H groups in total. The predicted octanol–water partition coefficient (Wildman–Crippen LogP) is 4.04. The van der Waals surface area contributed by atoms with Gasteiger partial charge in [-0.05, 0) is 0 Å². The molecule has 0 aromatic carbocycles. The Morgan fingerprint density at radius 1 is 1.08 bits per heavy atom. The number of hydrogen-bond donors (Lipinski definition) is 0. The zero-order chi connectivity index (χ0) is 10.3. The van der Waals surface area contributed by atoms with Crippen LogP contribution in [0.25, 0.3) is 0 Å². The van der Waals surface area contributed by atoms with Gasteiger partial charge in [-0.2, -0.15) is 0 Å². The Hall–Kier alpha value is 1.02. The number of alkyl halides is 2. The summed E-state index contributed by atoms with van der Waals surface area (Å²) in [5.41, 5.74) is -0.0278. The molecular formula is C9H12Cl2S2. The Kier molecular flexibility index (Phi) is 1.81. The van der Waals surface area contributed by atoms with Gasteiger partial charge in [0, 0.05) is 15.7 Å². The molecule has 74 valence electrons. The van der Waals surface area contributed by atoms with Crippen LogP contribution in [0, 0.1) is 10.8 Å². The molecule has 1 aliphatic carbocycles. The Morgan fingerprint density at radius 2 is 1.38 bits per heavy atom. The molecule has 2 fully saturated rings. The molecule has 0 radical (unpaired) electrons. The third-order valence-corrected chi connectivity index (χ3v) is 7.81. The minimum atomic E-state index is -0.637. The highest BCUT2D eigenvalue weighted by Gasteiger charge is 2.88. The van der Waals surface area contributed by atoms with Crippen molar-refractivity contribution in [2.75, 3.05) is 0 Å². The molecule has 4 heteroatoms. The van der Waals surface area contributed by atoms with Crippen molar-refractivity contribution in [3.05, 3.63) is 0 Å². The number of thioether (sulfide) groups is 1. The second kappa shape index (κ2) is 2.23. The quantitative estimate of drug-likeness (QED) is 0.364. The number of thiocarbonyl (C=S) groups is 1. The SMILES string of the molecule is CC1(C)C(=S)C(C)(C)C12SC2(Cl)Cl. The second-order valence-electron chi connectivity index (χ2n) is 4.88. The van der Waals surface area contributed by atoms with Gasteiger partial charge in [-0.3, -0.25) is 0 Å².